The summed E-state index contributed by atoms with van der Waals surface area (Å²) in [6.07, 6.45) is 2.85. The molecule has 1 aliphatic heterocycles. The number of nitrogens with zero attached hydrogens (tertiary/aromatic N) is 3. The van der Waals surface area contributed by atoms with Crippen LogP contribution in [0.5, 0.6) is 0 Å². The van der Waals surface area contributed by atoms with Gasteiger partial charge in [-0.15, -0.1) is 11.3 Å². The number of guanidine groups is 1. The number of hydrogen-bond donors (Lipinski definition) is 2. The standard InChI is InChI=1S/C21H31N5OS/c1-3-22-21(23-9-8-20-24-14-17(2)28-20)25-15-18-6-4-5-7-19(18)16-26-10-12-27-13-11-26/h4-7,14H,3,8-13,15-16H2,1-2H3,(H2,22,23,25). The van der Waals surface area contributed by atoms with E-state index >= 15 is 0 Å². The molecule has 0 bridgehead atoms. The molecule has 0 aliphatic carbocycles. The fourth-order valence-corrected chi connectivity index (χ4v) is 3.96. The van der Waals surface area contributed by atoms with Crippen molar-refractivity contribution in [2.75, 3.05) is 39.4 Å². The van der Waals surface area contributed by atoms with Crippen LogP contribution in [-0.4, -0.2) is 55.2 Å². The normalized spacial score (nSPS) is 15.6. The third-order valence-electron chi connectivity index (χ3n) is 4.67. The number of aryl methyl sites for hydroxylation is 1. The van der Waals surface area contributed by atoms with Crippen molar-refractivity contribution < 1.29 is 4.74 Å². The fourth-order valence-electron chi connectivity index (χ4n) is 3.18. The second-order valence-electron chi connectivity index (χ2n) is 6.89. The number of ether oxygens (including phenoxy) is 1. The monoisotopic (exact) mass is 401 g/mol. The zero-order valence-electron chi connectivity index (χ0n) is 16.9. The van der Waals surface area contributed by atoms with Crippen LogP contribution >= 0.6 is 11.3 Å². The van der Waals surface area contributed by atoms with E-state index in [1.165, 1.54) is 16.0 Å². The SMILES string of the molecule is CCNC(=NCc1ccccc1CN1CCOCC1)NCCc1ncc(C)s1. The Kier molecular flexibility index (Phi) is 8.26. The Morgan fingerprint density at radius 2 is 2.00 bits per heavy atom. The van der Waals surface area contributed by atoms with E-state index in [-0.39, 0.29) is 0 Å². The number of aliphatic imine (C=N–C) groups is 1. The number of thiazole rings is 1. The number of morpholine rings is 1. The molecular formula is C21H31N5OS. The molecular weight excluding hydrogens is 370 g/mol. The summed E-state index contributed by atoms with van der Waals surface area (Å²) in [7, 11) is 0. The number of aromatic nitrogens is 1. The lowest BCUT2D eigenvalue weighted by molar-refractivity contribution is 0.0341. The highest BCUT2D eigenvalue weighted by Gasteiger charge is 2.12. The lowest BCUT2D eigenvalue weighted by Crippen LogP contribution is -2.38. The molecule has 2 N–H and O–H groups in total. The van der Waals surface area contributed by atoms with Gasteiger partial charge in [-0.3, -0.25) is 4.90 Å². The van der Waals surface area contributed by atoms with E-state index in [2.05, 4.69) is 58.6 Å². The first kappa shape index (κ1) is 20.8. The van der Waals surface area contributed by atoms with Gasteiger partial charge in [-0.2, -0.15) is 0 Å². The van der Waals surface area contributed by atoms with E-state index in [1.807, 2.05) is 6.20 Å². The highest BCUT2D eigenvalue weighted by molar-refractivity contribution is 7.11. The molecule has 2 heterocycles. The molecule has 1 aromatic carbocycles. The second kappa shape index (κ2) is 11.1. The molecule has 0 amide bonds. The minimum absolute atomic E-state index is 0.673. The van der Waals surface area contributed by atoms with Gasteiger partial charge in [0.15, 0.2) is 5.96 Å². The first-order chi connectivity index (χ1) is 13.7. The molecule has 1 saturated heterocycles. The van der Waals surface area contributed by atoms with Crippen molar-refractivity contribution in [2.45, 2.75) is 33.4 Å². The van der Waals surface area contributed by atoms with E-state index in [0.717, 1.165) is 63.3 Å². The minimum Gasteiger partial charge on any atom is -0.379 e. The number of nitrogens with one attached hydrogen (secondary N) is 2. The summed E-state index contributed by atoms with van der Waals surface area (Å²) < 4.78 is 5.46. The van der Waals surface area contributed by atoms with Crippen LogP contribution in [0.3, 0.4) is 0 Å². The van der Waals surface area contributed by atoms with Gasteiger partial charge in [-0.05, 0) is 25.0 Å². The predicted octanol–water partition coefficient (Wildman–Crippen LogP) is 2.58. The van der Waals surface area contributed by atoms with E-state index in [4.69, 9.17) is 9.73 Å². The van der Waals surface area contributed by atoms with Crippen LogP contribution in [-0.2, 0) is 24.2 Å². The zero-order chi connectivity index (χ0) is 19.6. The van der Waals surface area contributed by atoms with Gasteiger partial charge in [-0.1, -0.05) is 24.3 Å². The van der Waals surface area contributed by atoms with Crippen LogP contribution in [0.25, 0.3) is 0 Å². The number of rotatable bonds is 8. The van der Waals surface area contributed by atoms with Crippen LogP contribution < -0.4 is 10.6 Å². The summed E-state index contributed by atoms with van der Waals surface area (Å²) in [5.41, 5.74) is 2.63. The molecule has 3 rings (SSSR count). The van der Waals surface area contributed by atoms with Gasteiger partial charge in [-0.25, -0.2) is 9.98 Å². The third kappa shape index (κ3) is 6.58. The van der Waals surface area contributed by atoms with Crippen molar-refractivity contribution in [3.05, 3.63) is 51.5 Å². The first-order valence-corrected chi connectivity index (χ1v) is 10.9. The molecule has 0 spiro atoms. The summed E-state index contributed by atoms with van der Waals surface area (Å²) >= 11 is 1.76. The van der Waals surface area contributed by atoms with Gasteiger partial charge in [0, 0.05) is 50.2 Å². The summed E-state index contributed by atoms with van der Waals surface area (Å²) in [4.78, 5) is 12.9. The van der Waals surface area contributed by atoms with Crippen LogP contribution in [0, 0.1) is 6.92 Å². The van der Waals surface area contributed by atoms with E-state index in [1.54, 1.807) is 11.3 Å². The summed E-state index contributed by atoms with van der Waals surface area (Å²) in [6.45, 7) is 11.1. The fraction of sp³-hybridized carbons (Fsp3) is 0.524. The van der Waals surface area contributed by atoms with Gasteiger partial charge in [0.1, 0.15) is 0 Å². The Labute approximate surface area is 172 Å². The summed E-state index contributed by atoms with van der Waals surface area (Å²) in [6, 6.07) is 8.61. The summed E-state index contributed by atoms with van der Waals surface area (Å²) in [5.74, 6) is 0.858. The molecule has 0 radical (unpaired) electrons. The van der Waals surface area contributed by atoms with Gasteiger partial charge < -0.3 is 15.4 Å². The average molecular weight is 402 g/mol. The number of hydrogen-bond acceptors (Lipinski definition) is 5. The summed E-state index contributed by atoms with van der Waals surface area (Å²) in [5, 5.41) is 7.93. The van der Waals surface area contributed by atoms with Crippen LogP contribution in [0.4, 0.5) is 0 Å². The lowest BCUT2D eigenvalue weighted by Gasteiger charge is -2.27. The van der Waals surface area contributed by atoms with Gasteiger partial charge in [0.25, 0.3) is 0 Å². The highest BCUT2D eigenvalue weighted by atomic mass is 32.1. The molecule has 0 saturated carbocycles. The van der Waals surface area contributed by atoms with E-state index in [0.29, 0.717) is 6.54 Å². The molecule has 6 nitrogen and oxygen atoms in total. The molecule has 1 aliphatic rings. The molecule has 1 fully saturated rings. The number of benzene rings is 1. The molecule has 7 heteroatoms. The van der Waals surface area contributed by atoms with Crippen LogP contribution in [0.1, 0.15) is 27.9 Å². The maximum atomic E-state index is 5.46. The van der Waals surface area contributed by atoms with Gasteiger partial charge in [0.05, 0.1) is 24.8 Å². The molecule has 28 heavy (non-hydrogen) atoms. The van der Waals surface area contributed by atoms with Gasteiger partial charge >= 0.3 is 0 Å². The third-order valence-corrected chi connectivity index (χ3v) is 5.64. The quantitative estimate of drug-likeness (QED) is 0.526. The Morgan fingerprint density at radius 1 is 1.21 bits per heavy atom. The van der Waals surface area contributed by atoms with Crippen molar-refractivity contribution in [2.24, 2.45) is 4.99 Å². The molecule has 0 unspecified atom stereocenters. The first-order valence-electron chi connectivity index (χ1n) is 10.0. The highest BCUT2D eigenvalue weighted by Crippen LogP contribution is 2.14. The zero-order valence-corrected chi connectivity index (χ0v) is 17.7. The van der Waals surface area contributed by atoms with Crippen molar-refractivity contribution in [3.63, 3.8) is 0 Å². The van der Waals surface area contributed by atoms with Crippen molar-refractivity contribution in [1.29, 1.82) is 0 Å². The Hall–Kier alpha value is -1.96. The van der Waals surface area contributed by atoms with Crippen molar-refractivity contribution in [1.82, 2.24) is 20.5 Å². The molecule has 1 aromatic heterocycles. The Morgan fingerprint density at radius 3 is 2.71 bits per heavy atom. The van der Waals surface area contributed by atoms with Crippen LogP contribution in [0.15, 0.2) is 35.5 Å². The smallest absolute Gasteiger partial charge is 0.191 e. The average Bonchev–Trinajstić information content (AvgIpc) is 3.13. The van der Waals surface area contributed by atoms with E-state index in [9.17, 15) is 0 Å². The predicted molar refractivity (Wildman–Crippen MR) is 116 cm³/mol. The minimum atomic E-state index is 0.673. The maximum Gasteiger partial charge on any atom is 0.191 e. The second-order valence-corrected chi connectivity index (χ2v) is 8.21. The van der Waals surface area contributed by atoms with Crippen molar-refractivity contribution >= 4 is 17.3 Å². The molecule has 2 aromatic rings. The lowest BCUT2D eigenvalue weighted by atomic mass is 10.1. The maximum absolute atomic E-state index is 5.46. The Bertz CT molecular complexity index is 755. The Balaban J connectivity index is 1.57. The van der Waals surface area contributed by atoms with Crippen molar-refractivity contribution in [3.8, 4) is 0 Å². The molecule has 152 valence electrons. The van der Waals surface area contributed by atoms with Crippen LogP contribution in [0.2, 0.25) is 0 Å². The van der Waals surface area contributed by atoms with E-state index < -0.39 is 0 Å². The van der Waals surface area contributed by atoms with Gasteiger partial charge in [0.2, 0.25) is 0 Å². The largest absolute Gasteiger partial charge is 0.379 e. The molecule has 0 atom stereocenters. The topological polar surface area (TPSA) is 61.8 Å².